The summed E-state index contributed by atoms with van der Waals surface area (Å²) in [6, 6.07) is 24.2. The van der Waals surface area contributed by atoms with Crippen molar-refractivity contribution in [3.05, 3.63) is 77.9 Å². The average molecular weight is 596 g/mol. The van der Waals surface area contributed by atoms with Crippen LogP contribution in [0.15, 0.2) is 66.7 Å². The van der Waals surface area contributed by atoms with Crippen molar-refractivity contribution in [2.45, 2.75) is 89.4 Å². The van der Waals surface area contributed by atoms with Gasteiger partial charge in [-0.2, -0.15) is 18.4 Å². The Hall–Kier alpha value is -4.06. The number of benzene rings is 3. The third kappa shape index (κ3) is 9.47. The molecule has 43 heavy (non-hydrogen) atoms. The van der Waals surface area contributed by atoms with Gasteiger partial charge in [0.2, 0.25) is 5.91 Å². The van der Waals surface area contributed by atoms with E-state index in [-0.39, 0.29) is 17.5 Å². The van der Waals surface area contributed by atoms with Gasteiger partial charge >= 0.3 is 12.1 Å². The number of anilines is 1. The summed E-state index contributed by atoms with van der Waals surface area (Å²) in [7, 11) is 0. The summed E-state index contributed by atoms with van der Waals surface area (Å²) in [6.07, 6.45) is 4.50. The maximum Gasteiger partial charge on any atom is 0.490 e. The average Bonchev–Trinajstić information content (AvgIpc) is 3.01. The molecule has 1 amide bonds. The zero-order chi connectivity index (χ0) is 31.5. The monoisotopic (exact) mass is 595 g/mol. The normalized spacial score (nSPS) is 14.6. The van der Waals surface area contributed by atoms with Crippen LogP contribution in [0.5, 0.6) is 0 Å². The maximum atomic E-state index is 14.0. The van der Waals surface area contributed by atoms with E-state index < -0.39 is 12.1 Å². The van der Waals surface area contributed by atoms with Crippen LogP contribution in [-0.4, -0.2) is 34.7 Å². The second-order valence-corrected chi connectivity index (χ2v) is 11.2. The highest BCUT2D eigenvalue weighted by Crippen LogP contribution is 2.32. The molecular weight excluding hydrogens is 555 g/mol. The Morgan fingerprint density at radius 3 is 2.07 bits per heavy atom. The van der Waals surface area contributed by atoms with E-state index in [1.54, 1.807) is 0 Å². The first kappa shape index (κ1) is 33.4. The number of carboxylic acids is 1. The summed E-state index contributed by atoms with van der Waals surface area (Å²) in [5.41, 5.74) is 2.54. The van der Waals surface area contributed by atoms with Crippen molar-refractivity contribution in [3.8, 4) is 6.07 Å². The Balaban J connectivity index is 0.000000646. The first-order valence-corrected chi connectivity index (χ1v) is 14.9. The number of hydrogen-bond donors (Lipinski definition) is 3. The van der Waals surface area contributed by atoms with Crippen LogP contribution in [-0.2, 0) is 16.0 Å². The van der Waals surface area contributed by atoms with Gasteiger partial charge in [-0.1, -0.05) is 101 Å². The summed E-state index contributed by atoms with van der Waals surface area (Å²) in [5, 5.41) is 25.7. The van der Waals surface area contributed by atoms with E-state index in [1.165, 1.54) is 37.7 Å². The minimum Gasteiger partial charge on any atom is -0.475 e. The molecule has 1 aliphatic carbocycles. The van der Waals surface area contributed by atoms with Crippen LogP contribution < -0.4 is 10.6 Å². The number of nitriles is 1. The van der Waals surface area contributed by atoms with Gasteiger partial charge in [0, 0.05) is 22.0 Å². The third-order valence-corrected chi connectivity index (χ3v) is 8.35. The van der Waals surface area contributed by atoms with Crippen molar-refractivity contribution in [3.63, 3.8) is 0 Å². The third-order valence-electron chi connectivity index (χ3n) is 8.35. The van der Waals surface area contributed by atoms with Gasteiger partial charge in [-0.25, -0.2) is 4.79 Å². The molecule has 1 fully saturated rings. The molecule has 3 N–H and O–H groups in total. The molecule has 230 valence electrons. The minimum atomic E-state index is -5.08. The number of nitrogens with one attached hydrogen (secondary N) is 2. The lowest BCUT2D eigenvalue weighted by molar-refractivity contribution is -0.192. The number of fused-ring (bicyclic) bond motifs is 1. The number of carboxylic acid groups (broad SMARTS) is 1. The molecule has 1 atom stereocenters. The number of carbonyl (C=O) groups is 2. The molecule has 1 saturated carbocycles. The smallest absolute Gasteiger partial charge is 0.475 e. The van der Waals surface area contributed by atoms with Crippen LogP contribution in [0.3, 0.4) is 0 Å². The van der Waals surface area contributed by atoms with Gasteiger partial charge in [-0.3, -0.25) is 4.79 Å². The Kier molecular flexibility index (Phi) is 12.0. The summed E-state index contributed by atoms with van der Waals surface area (Å²) in [5.74, 6) is -2.13. The predicted molar refractivity (Wildman–Crippen MR) is 163 cm³/mol. The van der Waals surface area contributed by atoms with Crippen LogP contribution in [0.1, 0.15) is 76.3 Å². The van der Waals surface area contributed by atoms with Gasteiger partial charge < -0.3 is 15.7 Å². The van der Waals surface area contributed by atoms with Crippen LogP contribution in [0.25, 0.3) is 10.8 Å². The van der Waals surface area contributed by atoms with Crippen molar-refractivity contribution in [1.82, 2.24) is 5.32 Å². The molecule has 0 unspecified atom stereocenters. The number of carbonyl (C=O) groups excluding carboxylic acids is 1. The van der Waals surface area contributed by atoms with Crippen molar-refractivity contribution in [1.29, 1.82) is 5.26 Å². The lowest BCUT2D eigenvalue weighted by Gasteiger charge is -2.36. The SMILES string of the molecule is CCC(CC)(Cc1ccccc1)NC(=O)[C@H](CC1CCCCC1)Nc1ccc(C#N)c2ccccc12.O=C(O)C(F)(F)F. The van der Waals surface area contributed by atoms with Crippen molar-refractivity contribution in [2.75, 3.05) is 5.32 Å². The number of aliphatic carboxylic acids is 1. The maximum absolute atomic E-state index is 14.0. The summed E-state index contributed by atoms with van der Waals surface area (Å²) < 4.78 is 31.7. The van der Waals surface area contributed by atoms with Gasteiger partial charge in [0.25, 0.3) is 0 Å². The minimum absolute atomic E-state index is 0.0774. The quantitative estimate of drug-likeness (QED) is 0.220. The van der Waals surface area contributed by atoms with E-state index in [2.05, 4.69) is 54.8 Å². The fourth-order valence-corrected chi connectivity index (χ4v) is 5.75. The van der Waals surface area contributed by atoms with E-state index in [4.69, 9.17) is 9.90 Å². The molecule has 0 radical (unpaired) electrons. The van der Waals surface area contributed by atoms with Gasteiger partial charge in [0.15, 0.2) is 0 Å². The Bertz CT molecular complexity index is 1390. The molecule has 1 aliphatic rings. The first-order chi connectivity index (χ1) is 20.5. The molecular formula is C34H40F3N3O3. The van der Waals surface area contributed by atoms with Gasteiger partial charge in [-0.15, -0.1) is 0 Å². The van der Waals surface area contributed by atoms with Gasteiger partial charge in [0.05, 0.1) is 11.6 Å². The zero-order valence-electron chi connectivity index (χ0n) is 24.7. The molecule has 0 bridgehead atoms. The lowest BCUT2D eigenvalue weighted by atomic mass is 9.83. The number of hydrogen-bond acceptors (Lipinski definition) is 4. The fraction of sp³-hybridized carbons (Fsp3) is 0.441. The second kappa shape index (κ2) is 15.4. The van der Waals surface area contributed by atoms with E-state index in [0.29, 0.717) is 11.5 Å². The summed E-state index contributed by atoms with van der Waals surface area (Å²) in [6.45, 7) is 4.34. The van der Waals surface area contributed by atoms with E-state index in [9.17, 15) is 23.2 Å². The highest BCUT2D eigenvalue weighted by atomic mass is 19.4. The number of amides is 1. The predicted octanol–water partition coefficient (Wildman–Crippen LogP) is 8.01. The van der Waals surface area contributed by atoms with Gasteiger partial charge in [0.1, 0.15) is 6.04 Å². The zero-order valence-corrected chi connectivity index (χ0v) is 24.7. The van der Waals surface area contributed by atoms with Crippen molar-refractivity contribution < 1.29 is 27.9 Å². The van der Waals surface area contributed by atoms with E-state index in [0.717, 1.165) is 42.1 Å². The Labute approximate surface area is 251 Å². The number of rotatable bonds is 10. The first-order valence-electron chi connectivity index (χ1n) is 14.9. The molecule has 6 nitrogen and oxygen atoms in total. The largest absolute Gasteiger partial charge is 0.490 e. The van der Waals surface area contributed by atoms with Crippen molar-refractivity contribution in [2.24, 2.45) is 5.92 Å². The van der Waals surface area contributed by atoms with Crippen LogP contribution in [0.2, 0.25) is 0 Å². The molecule has 3 aromatic carbocycles. The van der Waals surface area contributed by atoms with Crippen LogP contribution in [0, 0.1) is 17.2 Å². The lowest BCUT2D eigenvalue weighted by Crippen LogP contribution is -2.54. The Morgan fingerprint density at radius 2 is 1.51 bits per heavy atom. The number of alkyl halides is 3. The molecule has 9 heteroatoms. The molecule has 0 aromatic heterocycles. The molecule has 3 aromatic rings. The molecule has 0 spiro atoms. The van der Waals surface area contributed by atoms with Gasteiger partial charge in [-0.05, 0) is 49.3 Å². The second-order valence-electron chi connectivity index (χ2n) is 11.2. The molecule has 0 heterocycles. The van der Waals surface area contributed by atoms with E-state index in [1.807, 2.05) is 42.5 Å². The van der Waals surface area contributed by atoms with Crippen LogP contribution >= 0.6 is 0 Å². The Morgan fingerprint density at radius 1 is 0.930 bits per heavy atom. The topological polar surface area (TPSA) is 102 Å². The van der Waals surface area contributed by atoms with E-state index >= 15 is 0 Å². The number of halogens is 3. The standard InChI is InChI=1S/C32H39N3O.C2HF3O2/c1-3-32(4-2,22-25-15-9-6-10-16-25)35-31(36)30(21-24-13-7-5-8-14-24)34-29-20-19-26(23-33)27-17-11-12-18-28(27)29;3-2(4,5)1(6)7/h6,9-12,15-20,24,30,34H,3-5,7-8,13-14,21-22H2,1-2H3,(H,35,36);(H,6,7)/t30-;/m0./s1. The highest BCUT2D eigenvalue weighted by Gasteiger charge is 2.38. The number of nitrogens with zero attached hydrogens (tertiary/aromatic N) is 1. The fourth-order valence-electron chi connectivity index (χ4n) is 5.75. The van der Waals surface area contributed by atoms with Crippen LogP contribution in [0.4, 0.5) is 18.9 Å². The van der Waals surface area contributed by atoms with Crippen molar-refractivity contribution >= 4 is 28.3 Å². The summed E-state index contributed by atoms with van der Waals surface area (Å²) >= 11 is 0. The molecule has 0 aliphatic heterocycles. The molecule has 4 rings (SSSR count). The highest BCUT2D eigenvalue weighted by molar-refractivity contribution is 5.99. The molecule has 0 saturated heterocycles. The summed E-state index contributed by atoms with van der Waals surface area (Å²) in [4.78, 5) is 22.9.